The summed E-state index contributed by atoms with van der Waals surface area (Å²) < 4.78 is 10.3. The minimum Gasteiger partial charge on any atom is -0.549 e. The van der Waals surface area contributed by atoms with Crippen molar-refractivity contribution < 1.29 is 154 Å². The van der Waals surface area contributed by atoms with Crippen molar-refractivity contribution in [3.8, 4) is 0 Å². The van der Waals surface area contributed by atoms with E-state index in [0.29, 0.717) is 0 Å². The fraction of sp³-hybridized carbons (Fsp3) is 0.794. The van der Waals surface area contributed by atoms with E-state index in [9.17, 15) is 89.7 Å². The number of nitrogens with zero attached hydrogens (tertiary/aromatic N) is 3. The first-order valence-electron chi connectivity index (χ1n) is 19.9. The van der Waals surface area contributed by atoms with E-state index >= 15 is 0 Å². The van der Waals surface area contributed by atoms with Crippen molar-refractivity contribution >= 4 is 41.5 Å². The van der Waals surface area contributed by atoms with Gasteiger partial charge in [-0.15, -0.1) is 0 Å². The van der Waals surface area contributed by atoms with Crippen LogP contribution in [-0.2, 0) is 52.7 Å². The number of carboxylic acid groups (broad SMARTS) is 3. The van der Waals surface area contributed by atoms with E-state index in [-0.39, 0.29) is 97.8 Å². The molecule has 0 aromatic heterocycles. The molecule has 0 aliphatic carbocycles. The van der Waals surface area contributed by atoms with Crippen molar-refractivity contribution in [1.29, 1.82) is 0 Å². The number of hydrogen-bond acceptors (Lipinski definition) is 27. The zero-order valence-electron chi connectivity index (χ0n) is 35.8. The number of hydroxylamine groups is 2. The summed E-state index contributed by atoms with van der Waals surface area (Å²) in [5.74, 6) is -7.51. The Morgan fingerprint density at radius 2 is 0.761 bits per heavy atom. The number of aliphatic hydroxyl groups is 8. The van der Waals surface area contributed by atoms with Gasteiger partial charge in [-0.25, -0.2) is 0 Å². The first kappa shape index (κ1) is 63.9. The van der Waals surface area contributed by atoms with Crippen LogP contribution in [0.4, 0.5) is 0 Å². The summed E-state index contributed by atoms with van der Waals surface area (Å²) in [6.45, 7) is -7.23. The van der Waals surface area contributed by atoms with Gasteiger partial charge in [0, 0.05) is 72.0 Å². The second kappa shape index (κ2) is 34.2. The van der Waals surface area contributed by atoms with Crippen molar-refractivity contribution in [2.24, 2.45) is 0 Å². The molecule has 67 heavy (non-hydrogen) atoms. The van der Waals surface area contributed by atoms with E-state index in [0.717, 1.165) is 9.80 Å². The molecule has 2 fully saturated rings. The van der Waals surface area contributed by atoms with Gasteiger partial charge in [0.15, 0.2) is 12.5 Å². The van der Waals surface area contributed by atoms with Gasteiger partial charge in [0.2, 0.25) is 23.6 Å². The molecule has 32 nitrogen and oxygen atoms in total. The SMILES string of the molecule is O.O=C([O-])CN(CCN(CC(=O)[O-])CC(=O)NCCNC(=O)CONC1O[C@H](CO)[C@@H](O)[C@H](O)[C@H]1O)CCN(CC(=O)[O-])CC(=O)NCCNC(=O)CONC1O[C@H](CO)[C@@H](O)[C@H](O)[C@H]1O.[Gd+3]. The average Bonchev–Trinajstić information content (AvgIpc) is 3.24. The van der Waals surface area contributed by atoms with Crippen LogP contribution in [0, 0.1) is 39.9 Å². The quantitative estimate of drug-likeness (QED) is 0.0220. The minimum absolute atomic E-state index is 0. The summed E-state index contributed by atoms with van der Waals surface area (Å²) in [6.07, 6.45) is -15.1. The molecule has 2 aliphatic rings. The maximum Gasteiger partial charge on any atom is 3.00 e. The normalized spacial score (nSPS) is 24.8. The second-order valence-electron chi connectivity index (χ2n) is 14.5. The largest absolute Gasteiger partial charge is 3.00 e. The molecule has 1 radical (unpaired) electrons. The van der Waals surface area contributed by atoms with Gasteiger partial charge in [0.25, 0.3) is 0 Å². The third-order valence-corrected chi connectivity index (χ3v) is 9.39. The number of carbonyl (C=O) groups is 7. The zero-order valence-corrected chi connectivity index (χ0v) is 38.1. The Hall–Kier alpha value is -3.11. The average molecular weight is 1120 g/mol. The minimum atomic E-state index is -1.68. The van der Waals surface area contributed by atoms with Crippen molar-refractivity contribution in [1.82, 2.24) is 46.9 Å². The molecule has 0 saturated carbocycles. The molecule has 10 atom stereocenters. The van der Waals surface area contributed by atoms with E-state index < -0.39 is 162 Å². The summed E-state index contributed by atoms with van der Waals surface area (Å²) in [7, 11) is 0. The number of aliphatic hydroxyl groups excluding tert-OH is 8. The van der Waals surface area contributed by atoms with Crippen LogP contribution >= 0.6 is 0 Å². The number of hydrogen-bond donors (Lipinski definition) is 14. The summed E-state index contributed by atoms with van der Waals surface area (Å²) >= 11 is 0. The molecule has 4 amide bonds. The van der Waals surface area contributed by atoms with Crippen LogP contribution in [0.25, 0.3) is 0 Å². The van der Waals surface area contributed by atoms with E-state index in [1.54, 1.807) is 0 Å². The maximum atomic E-state index is 12.6. The molecule has 0 aromatic carbocycles. The predicted molar refractivity (Wildman–Crippen MR) is 206 cm³/mol. The number of nitrogens with one attached hydrogen (secondary N) is 6. The second-order valence-corrected chi connectivity index (χ2v) is 14.5. The molecule has 0 spiro atoms. The van der Waals surface area contributed by atoms with E-state index in [2.05, 4.69) is 32.2 Å². The van der Waals surface area contributed by atoms with Crippen LogP contribution in [0.5, 0.6) is 0 Å². The fourth-order valence-electron chi connectivity index (χ4n) is 6.02. The Balaban J connectivity index is 0.0000218. The van der Waals surface area contributed by atoms with Crippen molar-refractivity contribution in [2.75, 3.05) is 112 Å². The molecule has 33 heteroatoms. The number of ether oxygens (including phenoxy) is 2. The molecule has 2 unspecified atom stereocenters. The molecule has 2 rings (SSSR count). The fourth-order valence-corrected chi connectivity index (χ4v) is 6.02. The van der Waals surface area contributed by atoms with E-state index in [1.165, 1.54) is 4.90 Å². The number of carboxylic acids is 3. The maximum absolute atomic E-state index is 12.6. The Labute approximate surface area is 413 Å². The number of amides is 4. The monoisotopic (exact) mass is 1120 g/mol. The molecule has 2 heterocycles. The Bertz CT molecular complexity index is 1430. The van der Waals surface area contributed by atoms with Gasteiger partial charge >= 0.3 is 39.9 Å². The van der Waals surface area contributed by atoms with Crippen LogP contribution in [0.15, 0.2) is 0 Å². The van der Waals surface area contributed by atoms with E-state index in [1.807, 2.05) is 0 Å². The Morgan fingerprint density at radius 1 is 0.463 bits per heavy atom. The summed E-state index contributed by atoms with van der Waals surface area (Å²) in [5, 5.41) is 122. The molecule has 0 bridgehead atoms. The molecule has 2 saturated heterocycles. The van der Waals surface area contributed by atoms with Crippen molar-refractivity contribution in [3.05, 3.63) is 0 Å². The van der Waals surface area contributed by atoms with Gasteiger partial charge < -0.3 is 107 Å². The number of carbonyl (C=O) groups excluding carboxylic acids is 7. The molecule has 16 N–H and O–H groups in total. The van der Waals surface area contributed by atoms with Crippen LogP contribution < -0.4 is 47.5 Å². The van der Waals surface area contributed by atoms with Gasteiger partial charge in [-0.2, -0.15) is 11.0 Å². The Morgan fingerprint density at radius 3 is 1.07 bits per heavy atom. The molecule has 387 valence electrons. The van der Waals surface area contributed by atoms with Gasteiger partial charge in [-0.3, -0.25) is 43.6 Å². The molecular formula is C34H60GdN9O23. The van der Waals surface area contributed by atoms with Crippen LogP contribution in [-0.4, -0.2) is 275 Å². The topological polar surface area (TPSA) is 501 Å². The first-order valence-corrected chi connectivity index (χ1v) is 19.9. The standard InChI is InChI=1S/C34H61N9O22.Gd.H2O/c44-14-18-27(56)29(58)31(60)33(64-18)39-62-16-22(48)37-3-1-35-20(46)9-42(12-25(52)53)7-5-41(11-24(50)51)6-8-43(13-26(54)55)10-21(47)36-2-4-38-23(49)17-63-40-34-32(61)30(59)28(57)19(15-45)65-34;;/h18-19,27-34,39-40,44-45,56-61H,1-17H2,(H,35,46)(H,36,47)(H,37,48)(H,38,49)(H,50,51)(H,52,53)(H,54,55);;1H2/q;+3;/p-3/t18-,19-,27-,28-,29+,30+,31-,32-,33?,34?;;/m1../s1. The predicted octanol–water partition coefficient (Wildman–Crippen LogP) is -16.6. The first-order chi connectivity index (χ1) is 30.7. The van der Waals surface area contributed by atoms with Crippen LogP contribution in [0.2, 0.25) is 0 Å². The molecule has 2 aliphatic heterocycles. The summed E-state index contributed by atoms with van der Waals surface area (Å²) in [4.78, 5) is 97.0. The third-order valence-electron chi connectivity index (χ3n) is 9.39. The van der Waals surface area contributed by atoms with Gasteiger partial charge in [-0.1, -0.05) is 0 Å². The van der Waals surface area contributed by atoms with Crippen molar-refractivity contribution in [3.63, 3.8) is 0 Å². The van der Waals surface area contributed by atoms with Gasteiger partial charge in [-0.05, 0) is 0 Å². The number of rotatable bonds is 32. The van der Waals surface area contributed by atoms with Gasteiger partial charge in [0.1, 0.15) is 62.0 Å². The summed E-state index contributed by atoms with van der Waals surface area (Å²) in [5.41, 5.74) is 4.37. The van der Waals surface area contributed by atoms with Crippen LogP contribution in [0.1, 0.15) is 0 Å². The molecule has 0 aromatic rings. The molecular weight excluding hydrogens is 1060 g/mol. The van der Waals surface area contributed by atoms with E-state index in [4.69, 9.17) is 19.1 Å². The number of aliphatic carboxylic acids is 3. The third kappa shape index (κ3) is 24.8. The summed E-state index contributed by atoms with van der Waals surface area (Å²) in [6, 6.07) is 0. The Kier molecular flexibility index (Phi) is 32.6. The van der Waals surface area contributed by atoms with Crippen molar-refractivity contribution in [2.45, 2.75) is 61.3 Å². The van der Waals surface area contributed by atoms with Crippen LogP contribution in [0.3, 0.4) is 0 Å². The zero-order chi connectivity index (χ0) is 48.6. The van der Waals surface area contributed by atoms with Gasteiger partial charge in [0.05, 0.1) is 44.2 Å². The smallest absolute Gasteiger partial charge is 0.549 e.